The van der Waals surface area contributed by atoms with Crippen molar-refractivity contribution in [3.8, 4) is 0 Å². The van der Waals surface area contributed by atoms with Crippen molar-refractivity contribution < 1.29 is 24.2 Å². The van der Waals surface area contributed by atoms with Crippen LogP contribution in [0.5, 0.6) is 0 Å². The van der Waals surface area contributed by atoms with E-state index < -0.39 is 17.8 Å². The minimum atomic E-state index is -0.912. The highest BCUT2D eigenvalue weighted by Gasteiger charge is 2.51. The third-order valence-corrected chi connectivity index (χ3v) is 3.85. The molecule has 1 saturated carbocycles. The molecule has 1 saturated heterocycles. The fraction of sp³-hybridized carbons (Fsp3) is 0.750. The van der Waals surface area contributed by atoms with Gasteiger partial charge in [0.2, 0.25) is 5.91 Å². The maximum absolute atomic E-state index is 12.0. The van der Waals surface area contributed by atoms with Gasteiger partial charge in [-0.1, -0.05) is 6.92 Å². The third kappa shape index (κ3) is 2.19. The Morgan fingerprint density at radius 1 is 1.17 bits per heavy atom. The van der Waals surface area contributed by atoms with E-state index in [0.29, 0.717) is 19.5 Å². The van der Waals surface area contributed by atoms with Crippen LogP contribution in [-0.2, 0) is 19.1 Å². The van der Waals surface area contributed by atoms with Crippen LogP contribution in [0.1, 0.15) is 13.3 Å². The van der Waals surface area contributed by atoms with E-state index in [0.717, 1.165) is 0 Å². The van der Waals surface area contributed by atoms with Crippen LogP contribution in [-0.4, -0.2) is 48.1 Å². The number of hydrogen-bond donors (Lipinski definition) is 1. The van der Waals surface area contributed by atoms with Gasteiger partial charge >= 0.3 is 11.9 Å². The number of esters is 1. The second-order valence-electron chi connectivity index (χ2n) is 5.14. The van der Waals surface area contributed by atoms with Gasteiger partial charge in [0.15, 0.2) is 0 Å². The Labute approximate surface area is 105 Å². The van der Waals surface area contributed by atoms with E-state index in [1.54, 1.807) is 4.90 Å². The highest BCUT2D eigenvalue weighted by Crippen LogP contribution is 2.41. The molecule has 0 aromatic heterocycles. The zero-order valence-corrected chi connectivity index (χ0v) is 10.5. The number of ether oxygens (including phenoxy) is 1. The lowest BCUT2D eigenvalue weighted by atomic mass is 9.99. The molecule has 1 aliphatic heterocycles. The lowest BCUT2D eigenvalue weighted by Gasteiger charge is -2.15. The van der Waals surface area contributed by atoms with Crippen molar-refractivity contribution >= 4 is 17.8 Å². The monoisotopic (exact) mass is 255 g/mol. The van der Waals surface area contributed by atoms with Gasteiger partial charge in [0.1, 0.15) is 0 Å². The van der Waals surface area contributed by atoms with Crippen molar-refractivity contribution in [2.75, 3.05) is 20.2 Å². The average Bonchev–Trinajstić information content (AvgIpc) is 3.05. The summed E-state index contributed by atoms with van der Waals surface area (Å²) in [6.45, 7) is 2.74. The fourth-order valence-electron chi connectivity index (χ4n) is 2.58. The van der Waals surface area contributed by atoms with Crippen LogP contribution in [0, 0.1) is 23.7 Å². The second-order valence-corrected chi connectivity index (χ2v) is 5.14. The Morgan fingerprint density at radius 3 is 2.33 bits per heavy atom. The number of carbonyl (C=O) groups is 3. The van der Waals surface area contributed by atoms with E-state index in [9.17, 15) is 14.4 Å². The number of carboxylic acid groups (broad SMARTS) is 1. The molecule has 1 amide bonds. The summed E-state index contributed by atoms with van der Waals surface area (Å²) in [5, 5.41) is 8.80. The van der Waals surface area contributed by atoms with E-state index in [2.05, 4.69) is 0 Å². The van der Waals surface area contributed by atoms with Gasteiger partial charge in [-0.3, -0.25) is 14.4 Å². The molecule has 1 aliphatic carbocycles. The molecule has 0 radical (unpaired) electrons. The van der Waals surface area contributed by atoms with E-state index in [-0.39, 0.29) is 23.7 Å². The van der Waals surface area contributed by atoms with Crippen LogP contribution in [0.25, 0.3) is 0 Å². The summed E-state index contributed by atoms with van der Waals surface area (Å²) in [6.07, 6.45) is 0.419. The van der Waals surface area contributed by atoms with Crippen LogP contribution in [0.15, 0.2) is 0 Å². The molecule has 0 aromatic rings. The first kappa shape index (κ1) is 12.9. The third-order valence-electron chi connectivity index (χ3n) is 3.85. The minimum absolute atomic E-state index is 0.0587. The molecule has 2 rings (SSSR count). The van der Waals surface area contributed by atoms with Crippen LogP contribution in [0.3, 0.4) is 0 Å². The zero-order valence-electron chi connectivity index (χ0n) is 10.5. The summed E-state index contributed by atoms with van der Waals surface area (Å²) in [5.74, 6) is -2.52. The Hall–Kier alpha value is -1.59. The van der Waals surface area contributed by atoms with Crippen molar-refractivity contribution in [1.82, 2.24) is 4.90 Å². The van der Waals surface area contributed by atoms with Gasteiger partial charge in [0, 0.05) is 13.1 Å². The molecule has 2 unspecified atom stereocenters. The van der Waals surface area contributed by atoms with Crippen molar-refractivity contribution in [1.29, 1.82) is 0 Å². The lowest BCUT2D eigenvalue weighted by molar-refractivity contribution is -0.146. The van der Waals surface area contributed by atoms with Gasteiger partial charge in [-0.25, -0.2) is 0 Å². The van der Waals surface area contributed by atoms with Crippen LogP contribution < -0.4 is 0 Å². The Bertz CT molecular complexity index is 394. The molecule has 1 N–H and O–H groups in total. The molecule has 0 bridgehead atoms. The first-order valence-electron chi connectivity index (χ1n) is 6.05. The summed E-state index contributed by atoms with van der Waals surface area (Å²) in [7, 11) is 1.33. The van der Waals surface area contributed by atoms with E-state index in [1.165, 1.54) is 7.11 Å². The highest BCUT2D eigenvalue weighted by atomic mass is 16.5. The Morgan fingerprint density at radius 2 is 1.83 bits per heavy atom. The van der Waals surface area contributed by atoms with E-state index >= 15 is 0 Å². The van der Waals surface area contributed by atoms with E-state index in [4.69, 9.17) is 9.84 Å². The SMILES string of the molecule is COC(=O)C1CN(C(=O)[C@@H]2C[C@@H]2C(=O)O)CC1C. The lowest BCUT2D eigenvalue weighted by Crippen LogP contribution is -2.32. The Kier molecular flexibility index (Phi) is 3.28. The molecule has 1 heterocycles. The largest absolute Gasteiger partial charge is 0.481 e. The minimum Gasteiger partial charge on any atom is -0.481 e. The molecule has 100 valence electrons. The molecular formula is C12H17NO5. The van der Waals surface area contributed by atoms with Gasteiger partial charge in [0.05, 0.1) is 24.9 Å². The molecule has 6 heteroatoms. The maximum Gasteiger partial charge on any atom is 0.310 e. The van der Waals surface area contributed by atoms with Crippen molar-refractivity contribution in [2.45, 2.75) is 13.3 Å². The molecule has 18 heavy (non-hydrogen) atoms. The number of carboxylic acids is 1. The molecule has 6 nitrogen and oxygen atoms in total. The molecule has 2 fully saturated rings. The average molecular weight is 255 g/mol. The second kappa shape index (κ2) is 4.59. The summed E-state index contributed by atoms with van der Waals surface area (Å²) in [6, 6.07) is 0. The van der Waals surface area contributed by atoms with Gasteiger partial charge in [-0.2, -0.15) is 0 Å². The Balaban J connectivity index is 1.94. The summed E-state index contributed by atoms with van der Waals surface area (Å²) >= 11 is 0. The van der Waals surface area contributed by atoms with Gasteiger partial charge in [0.25, 0.3) is 0 Å². The highest BCUT2D eigenvalue weighted by molar-refractivity contribution is 5.90. The van der Waals surface area contributed by atoms with Gasteiger partial charge < -0.3 is 14.7 Å². The predicted molar refractivity (Wildman–Crippen MR) is 60.5 cm³/mol. The number of nitrogens with zero attached hydrogens (tertiary/aromatic N) is 1. The molecular weight excluding hydrogens is 238 g/mol. The number of aliphatic carboxylic acids is 1. The number of carbonyl (C=O) groups excluding carboxylic acids is 2. The van der Waals surface area contributed by atoms with Crippen LogP contribution in [0.4, 0.5) is 0 Å². The van der Waals surface area contributed by atoms with Gasteiger partial charge in [-0.05, 0) is 12.3 Å². The number of amides is 1. The molecule has 4 atom stereocenters. The van der Waals surface area contributed by atoms with Crippen molar-refractivity contribution in [2.24, 2.45) is 23.7 Å². The molecule has 2 aliphatic rings. The summed E-state index contributed by atoms with van der Waals surface area (Å²) < 4.78 is 4.70. The number of hydrogen-bond acceptors (Lipinski definition) is 4. The first-order valence-corrected chi connectivity index (χ1v) is 6.05. The van der Waals surface area contributed by atoms with Crippen LogP contribution in [0.2, 0.25) is 0 Å². The van der Waals surface area contributed by atoms with Crippen LogP contribution >= 0.6 is 0 Å². The quantitative estimate of drug-likeness (QED) is 0.716. The summed E-state index contributed by atoms with van der Waals surface area (Å²) in [5.41, 5.74) is 0. The smallest absolute Gasteiger partial charge is 0.310 e. The van der Waals surface area contributed by atoms with Crippen molar-refractivity contribution in [3.05, 3.63) is 0 Å². The normalized spacial score (nSPS) is 34.2. The molecule has 0 spiro atoms. The predicted octanol–water partition coefficient (Wildman–Crippen LogP) is -0.0254. The van der Waals surface area contributed by atoms with Crippen molar-refractivity contribution in [3.63, 3.8) is 0 Å². The zero-order chi connectivity index (χ0) is 13.4. The number of methoxy groups -OCH3 is 1. The number of likely N-dealkylation sites (tertiary alicyclic amines) is 1. The van der Waals surface area contributed by atoms with Gasteiger partial charge in [-0.15, -0.1) is 0 Å². The molecule has 0 aromatic carbocycles. The summed E-state index contributed by atoms with van der Waals surface area (Å²) in [4.78, 5) is 35.9. The van der Waals surface area contributed by atoms with E-state index in [1.807, 2.05) is 6.92 Å². The maximum atomic E-state index is 12.0. The standard InChI is InChI=1S/C12H17NO5/c1-6-4-13(5-9(6)12(17)18-2)10(14)7-3-8(7)11(15)16/h6-9H,3-5H2,1-2H3,(H,15,16)/t6?,7-,8+,9?/m1/s1. The first-order chi connectivity index (χ1) is 8.45. The number of rotatable bonds is 3. The topological polar surface area (TPSA) is 83.9 Å². The fourth-order valence-corrected chi connectivity index (χ4v) is 2.58.